The van der Waals surface area contributed by atoms with Crippen LogP contribution in [0.2, 0.25) is 0 Å². The van der Waals surface area contributed by atoms with E-state index in [9.17, 15) is 18.0 Å². The molecule has 0 saturated carbocycles. The van der Waals surface area contributed by atoms with E-state index in [1.54, 1.807) is 24.1 Å². The number of ether oxygens (including phenoxy) is 1. The fourth-order valence-electron chi connectivity index (χ4n) is 4.10. The van der Waals surface area contributed by atoms with Gasteiger partial charge in [0, 0.05) is 42.2 Å². The molecule has 0 spiro atoms. The summed E-state index contributed by atoms with van der Waals surface area (Å²) < 4.78 is 29.1. The van der Waals surface area contributed by atoms with Crippen molar-refractivity contribution >= 4 is 50.0 Å². The molecule has 1 heterocycles. The van der Waals surface area contributed by atoms with E-state index in [1.165, 1.54) is 0 Å². The number of nitrogens with one attached hydrogen (secondary N) is 3. The zero-order chi connectivity index (χ0) is 27.5. The maximum absolute atomic E-state index is 13.4. The number of carbonyl (C=O) groups is 2. The largest absolute Gasteiger partial charge is 0.494 e. The van der Waals surface area contributed by atoms with E-state index in [1.807, 2.05) is 45.9 Å². The molecule has 3 rings (SSSR count). The van der Waals surface area contributed by atoms with Gasteiger partial charge in [-0.25, -0.2) is 8.42 Å². The van der Waals surface area contributed by atoms with E-state index in [0.717, 1.165) is 17.4 Å². The predicted molar refractivity (Wildman–Crippen MR) is 156 cm³/mol. The van der Waals surface area contributed by atoms with E-state index in [4.69, 9.17) is 10.1 Å². The van der Waals surface area contributed by atoms with Crippen molar-refractivity contribution < 1.29 is 22.7 Å². The maximum atomic E-state index is 13.4. The second-order valence-corrected chi connectivity index (χ2v) is 12.5. The fourth-order valence-corrected chi connectivity index (χ4v) is 4.53. The van der Waals surface area contributed by atoms with Crippen molar-refractivity contribution in [3.05, 3.63) is 58.1 Å². The second kappa shape index (κ2) is 12.3. The van der Waals surface area contributed by atoms with E-state index < -0.39 is 9.84 Å². The number of sulfone groups is 1. The summed E-state index contributed by atoms with van der Waals surface area (Å²) in [5, 5.41) is 14.2. The molecule has 0 aliphatic carbocycles. The minimum Gasteiger partial charge on any atom is -0.494 e. The molecule has 0 fully saturated rings. The van der Waals surface area contributed by atoms with Crippen LogP contribution < -0.4 is 15.4 Å². The molecule has 3 N–H and O–H groups in total. The number of amidine groups is 1. The second-order valence-electron chi connectivity index (χ2n) is 10.3. The van der Waals surface area contributed by atoms with Crippen LogP contribution >= 0.6 is 17.0 Å². The van der Waals surface area contributed by atoms with E-state index >= 15 is 0 Å². The van der Waals surface area contributed by atoms with Crippen molar-refractivity contribution in [2.45, 2.75) is 46.1 Å². The number of rotatable bonds is 10. The molecule has 0 radical (unpaired) electrons. The van der Waals surface area contributed by atoms with Crippen LogP contribution in [0.3, 0.4) is 0 Å². The summed E-state index contributed by atoms with van der Waals surface area (Å²) in [6.45, 7) is 8.75. The number of likely N-dealkylation sites (N-methyl/N-ethyl adjacent to an activating group) is 1. The molecule has 2 aromatic rings. The third-order valence-electron chi connectivity index (χ3n) is 6.14. The zero-order valence-corrected chi connectivity index (χ0v) is 25.3. The Kier molecular flexibility index (Phi) is 10.1. The monoisotopic (exact) mass is 608 g/mol. The highest BCUT2D eigenvalue weighted by molar-refractivity contribution is 8.93. The van der Waals surface area contributed by atoms with Gasteiger partial charge in [-0.3, -0.25) is 15.0 Å². The molecular weight excluding hydrogens is 572 g/mol. The number of anilines is 1. The van der Waals surface area contributed by atoms with Crippen LogP contribution in [0.1, 0.15) is 60.3 Å². The Morgan fingerprint density at radius 3 is 2.39 bits per heavy atom. The van der Waals surface area contributed by atoms with Gasteiger partial charge >= 0.3 is 0 Å². The topological polar surface area (TPSA) is 129 Å². The summed E-state index contributed by atoms with van der Waals surface area (Å²) in [5.74, 6) is 0.247. The van der Waals surface area contributed by atoms with Gasteiger partial charge in [0.25, 0.3) is 0 Å². The Hall–Kier alpha value is -2.92. The number of hydrogen-bond acceptors (Lipinski definition) is 7. The molecule has 1 aliphatic heterocycles. The van der Waals surface area contributed by atoms with Crippen molar-refractivity contribution in [1.82, 2.24) is 10.2 Å². The number of amides is 1. The Labute approximate surface area is 235 Å². The van der Waals surface area contributed by atoms with E-state index in [-0.39, 0.29) is 58.8 Å². The summed E-state index contributed by atoms with van der Waals surface area (Å²) in [5.41, 5.74) is 3.87. The molecule has 2 aromatic carbocycles. The van der Waals surface area contributed by atoms with Gasteiger partial charge in [-0.15, -0.1) is 17.0 Å². The normalized spacial score (nSPS) is 13.0. The zero-order valence-electron chi connectivity index (χ0n) is 22.7. The highest BCUT2D eigenvalue weighted by Gasteiger charge is 2.29. The first-order chi connectivity index (χ1) is 17.2. The summed E-state index contributed by atoms with van der Waals surface area (Å²) >= 11 is 0. The third kappa shape index (κ3) is 7.80. The average Bonchev–Trinajstić information content (AvgIpc) is 3.10. The maximum Gasteiger partial charge on any atom is 0.224 e. The molecule has 0 saturated heterocycles. The molecule has 38 heavy (non-hydrogen) atoms. The van der Waals surface area contributed by atoms with Crippen molar-refractivity contribution in [3.8, 4) is 5.75 Å². The first-order valence-corrected chi connectivity index (χ1v) is 14.2. The van der Waals surface area contributed by atoms with Crippen molar-refractivity contribution in [1.29, 1.82) is 5.41 Å². The molecule has 11 heteroatoms. The van der Waals surface area contributed by atoms with Crippen molar-refractivity contribution in [2.24, 2.45) is 0 Å². The van der Waals surface area contributed by atoms with Gasteiger partial charge in [0.15, 0.2) is 15.6 Å². The standard InChI is InChI=1S/C27H36N4O5S.BrH/c1-7-36-24-11-19-14-31(26(28)22(19)10-18(24)12-25(33)29-5)15-23(32)17-8-20(27(2,3)4)13-21(9-17)30-16-37(6,34)35;/h8-11,13,28,30H,7,12,14-16H2,1-6H3,(H,29,33);1H. The Balaban J connectivity index is 0.00000507. The number of fused-ring (bicyclic) bond motifs is 1. The van der Waals surface area contributed by atoms with Gasteiger partial charge in [0.1, 0.15) is 17.5 Å². The summed E-state index contributed by atoms with van der Waals surface area (Å²) in [7, 11) is -1.68. The number of halogens is 1. The lowest BCUT2D eigenvalue weighted by Crippen LogP contribution is -2.30. The average molecular weight is 610 g/mol. The Morgan fingerprint density at radius 1 is 1.13 bits per heavy atom. The minimum absolute atomic E-state index is 0. The first-order valence-electron chi connectivity index (χ1n) is 12.1. The third-order valence-corrected chi connectivity index (χ3v) is 6.81. The molecule has 0 aromatic heterocycles. The minimum atomic E-state index is -3.25. The lowest BCUT2D eigenvalue weighted by molar-refractivity contribution is -0.119. The lowest BCUT2D eigenvalue weighted by Gasteiger charge is -2.22. The van der Waals surface area contributed by atoms with E-state index in [2.05, 4.69) is 10.6 Å². The SMILES string of the molecule is Br.CCOc1cc2c(cc1CC(=O)NC)C(=N)N(CC(=O)c1cc(NCS(C)(=O)=O)cc(C(C)(C)C)c1)C2. The smallest absolute Gasteiger partial charge is 0.224 e. The van der Waals surface area contributed by atoms with Crippen LogP contribution in [-0.2, 0) is 33.0 Å². The highest BCUT2D eigenvalue weighted by atomic mass is 79.9. The summed E-state index contributed by atoms with van der Waals surface area (Å²) in [6, 6.07) is 9.00. The molecule has 1 aliphatic rings. The molecule has 0 unspecified atom stereocenters. The quantitative estimate of drug-likeness (QED) is 0.351. The van der Waals surface area contributed by atoms with Gasteiger partial charge in [-0.2, -0.15) is 0 Å². The molecular formula is C27H37BrN4O5S. The van der Waals surface area contributed by atoms with Crippen molar-refractivity contribution in [3.63, 3.8) is 0 Å². The lowest BCUT2D eigenvalue weighted by atomic mass is 9.85. The van der Waals surface area contributed by atoms with Crippen LogP contribution in [0.15, 0.2) is 30.3 Å². The van der Waals surface area contributed by atoms with Gasteiger partial charge in [0.05, 0.1) is 19.6 Å². The first kappa shape index (κ1) is 31.3. The van der Waals surface area contributed by atoms with Crippen LogP contribution in [0.25, 0.3) is 0 Å². The van der Waals surface area contributed by atoms with Crippen LogP contribution in [-0.4, -0.2) is 63.2 Å². The fraction of sp³-hybridized carbons (Fsp3) is 0.444. The Bertz CT molecular complexity index is 1340. The number of carbonyl (C=O) groups excluding carboxylic acids is 2. The highest BCUT2D eigenvalue weighted by Crippen LogP contribution is 2.32. The van der Waals surface area contributed by atoms with Gasteiger partial charge in [-0.05, 0) is 53.8 Å². The number of nitrogens with zero attached hydrogens (tertiary/aromatic N) is 1. The number of Topliss-reactive ketones (excluding diaryl/α,β-unsaturated/α-hetero) is 1. The van der Waals surface area contributed by atoms with Crippen molar-refractivity contribution in [2.75, 3.05) is 37.6 Å². The van der Waals surface area contributed by atoms with Gasteiger partial charge in [-0.1, -0.05) is 20.8 Å². The van der Waals surface area contributed by atoms with Crippen LogP contribution in [0, 0.1) is 5.41 Å². The van der Waals surface area contributed by atoms with E-state index in [0.29, 0.717) is 41.3 Å². The van der Waals surface area contributed by atoms with Gasteiger partial charge < -0.3 is 20.3 Å². The number of ketones is 1. The predicted octanol–water partition coefficient (Wildman–Crippen LogP) is 3.69. The summed E-state index contributed by atoms with van der Waals surface area (Å²) in [4.78, 5) is 27.1. The van der Waals surface area contributed by atoms with Gasteiger partial charge in [0.2, 0.25) is 5.91 Å². The molecule has 0 atom stereocenters. The molecule has 1 amide bonds. The summed E-state index contributed by atoms with van der Waals surface area (Å²) in [6.07, 6.45) is 1.28. The number of hydrogen-bond donors (Lipinski definition) is 3. The molecule has 9 nitrogen and oxygen atoms in total. The van der Waals surface area contributed by atoms with Crippen LogP contribution in [0.4, 0.5) is 5.69 Å². The Morgan fingerprint density at radius 2 is 1.82 bits per heavy atom. The molecule has 0 bridgehead atoms. The number of benzene rings is 2. The molecule has 208 valence electrons. The van der Waals surface area contributed by atoms with Crippen LogP contribution in [0.5, 0.6) is 5.75 Å².